The summed E-state index contributed by atoms with van der Waals surface area (Å²) < 4.78 is 36.6. The van der Waals surface area contributed by atoms with E-state index in [1.165, 1.54) is 22.2 Å². The Morgan fingerprint density at radius 3 is 2.36 bits per heavy atom. The summed E-state index contributed by atoms with van der Waals surface area (Å²) in [6.45, 7) is 3.91. The van der Waals surface area contributed by atoms with Crippen molar-refractivity contribution in [3.63, 3.8) is 0 Å². The van der Waals surface area contributed by atoms with Crippen LogP contribution in [0.3, 0.4) is 0 Å². The second-order valence-electron chi connectivity index (χ2n) is 6.42. The second kappa shape index (κ2) is 8.11. The van der Waals surface area contributed by atoms with Crippen LogP contribution in [0.5, 0.6) is 0 Å². The molecule has 1 aliphatic rings. The largest absolute Gasteiger partial charge is 0.447 e. The molecule has 28 heavy (non-hydrogen) atoms. The van der Waals surface area contributed by atoms with Crippen molar-refractivity contribution in [3.8, 4) is 0 Å². The lowest BCUT2D eigenvalue weighted by molar-refractivity contribution is -0.141. The van der Waals surface area contributed by atoms with Crippen LogP contribution >= 0.6 is 0 Å². The molecule has 10 heteroatoms. The maximum atomic E-state index is 12.6. The number of aryl methyl sites for hydroxylation is 1. The van der Waals surface area contributed by atoms with Crippen molar-refractivity contribution >= 4 is 21.9 Å². The molecule has 0 radical (unpaired) electrons. The normalized spacial score (nSPS) is 16.6. The number of carbonyl (C=O) groups is 2. The first-order valence-electron chi connectivity index (χ1n) is 8.77. The molecule has 0 saturated carbocycles. The van der Waals surface area contributed by atoms with E-state index in [1.54, 1.807) is 37.3 Å². The van der Waals surface area contributed by atoms with E-state index >= 15 is 0 Å². The van der Waals surface area contributed by atoms with Crippen molar-refractivity contribution in [2.75, 3.05) is 26.2 Å². The van der Waals surface area contributed by atoms with Gasteiger partial charge < -0.3 is 14.2 Å². The Morgan fingerprint density at radius 2 is 1.79 bits per heavy atom. The highest BCUT2D eigenvalue weighted by atomic mass is 32.2. The Balaban J connectivity index is 1.57. The average molecular weight is 407 g/mol. The lowest BCUT2D eigenvalue weighted by Crippen LogP contribution is -2.52. The van der Waals surface area contributed by atoms with Crippen LogP contribution in [0.25, 0.3) is 0 Å². The third-order valence-electron chi connectivity index (χ3n) is 4.39. The van der Waals surface area contributed by atoms with E-state index in [0.29, 0.717) is 5.69 Å². The van der Waals surface area contributed by atoms with E-state index in [4.69, 9.17) is 9.26 Å². The molecule has 0 aliphatic carbocycles. The van der Waals surface area contributed by atoms with Crippen LogP contribution in [0.4, 0.5) is 0 Å². The third kappa shape index (κ3) is 4.23. The first kappa shape index (κ1) is 20.0. The molecule has 0 unspecified atom stereocenters. The molecule has 150 valence electrons. The Labute approximate surface area is 162 Å². The van der Waals surface area contributed by atoms with Gasteiger partial charge in [0.05, 0.1) is 10.6 Å². The molecular weight excluding hydrogens is 386 g/mol. The summed E-state index contributed by atoms with van der Waals surface area (Å²) in [6.07, 6.45) is -1.02. The van der Waals surface area contributed by atoms with Crippen molar-refractivity contribution < 1.29 is 27.3 Å². The molecule has 0 N–H and O–H groups in total. The highest BCUT2D eigenvalue weighted by molar-refractivity contribution is 7.89. The summed E-state index contributed by atoms with van der Waals surface area (Å²) in [5.41, 5.74) is 0.529. The summed E-state index contributed by atoms with van der Waals surface area (Å²) in [4.78, 5) is 26.2. The third-order valence-corrected chi connectivity index (χ3v) is 6.30. The monoisotopic (exact) mass is 407 g/mol. The predicted molar refractivity (Wildman–Crippen MR) is 97.9 cm³/mol. The van der Waals surface area contributed by atoms with E-state index in [1.807, 2.05) is 0 Å². The fourth-order valence-corrected chi connectivity index (χ4v) is 4.32. The number of benzene rings is 1. The Kier molecular flexibility index (Phi) is 5.80. The summed E-state index contributed by atoms with van der Waals surface area (Å²) >= 11 is 0. The van der Waals surface area contributed by atoms with Crippen LogP contribution < -0.4 is 0 Å². The van der Waals surface area contributed by atoms with Crippen LogP contribution in [-0.4, -0.2) is 66.9 Å². The molecule has 0 bridgehead atoms. The van der Waals surface area contributed by atoms with Crippen LogP contribution in [0.1, 0.15) is 23.2 Å². The van der Waals surface area contributed by atoms with Crippen LogP contribution in [0.2, 0.25) is 0 Å². The van der Waals surface area contributed by atoms with E-state index in [0.717, 1.165) is 0 Å². The zero-order chi connectivity index (χ0) is 20.3. The van der Waals surface area contributed by atoms with Crippen molar-refractivity contribution in [2.45, 2.75) is 24.8 Å². The molecule has 1 fully saturated rings. The number of hydrogen-bond donors (Lipinski definition) is 0. The molecule has 9 nitrogen and oxygen atoms in total. The lowest BCUT2D eigenvalue weighted by Gasteiger charge is -2.35. The lowest BCUT2D eigenvalue weighted by atomic mass is 10.3. The first-order valence-corrected chi connectivity index (χ1v) is 10.2. The molecule has 3 rings (SSSR count). The van der Waals surface area contributed by atoms with Gasteiger partial charge in [-0.05, 0) is 26.0 Å². The second-order valence-corrected chi connectivity index (χ2v) is 8.36. The molecule has 1 atom stereocenters. The zero-order valence-electron chi connectivity index (χ0n) is 15.6. The van der Waals surface area contributed by atoms with Gasteiger partial charge in [0.1, 0.15) is 0 Å². The fourth-order valence-electron chi connectivity index (χ4n) is 2.88. The standard InChI is InChI=1S/C18H21N3O6S/c1-13-12-16(27-19-13)18(23)26-14(2)17(22)20-8-10-21(11-9-20)28(24,25)15-6-4-3-5-7-15/h3-7,12,14H,8-11H2,1-2H3/t14-/m1/s1. The minimum atomic E-state index is -3.59. The number of rotatable bonds is 5. The zero-order valence-corrected chi connectivity index (χ0v) is 16.4. The SMILES string of the molecule is Cc1cc(C(=O)O[C@H](C)C(=O)N2CCN(S(=O)(=O)c3ccccc3)CC2)on1. The van der Waals surface area contributed by atoms with Gasteiger partial charge in [-0.1, -0.05) is 23.4 Å². The van der Waals surface area contributed by atoms with Gasteiger partial charge in [0.2, 0.25) is 15.8 Å². The van der Waals surface area contributed by atoms with Gasteiger partial charge in [-0.3, -0.25) is 4.79 Å². The molecule has 1 aliphatic heterocycles. The number of amides is 1. The summed E-state index contributed by atoms with van der Waals surface area (Å²) in [5, 5.41) is 3.60. The average Bonchev–Trinajstić information content (AvgIpc) is 3.14. The number of nitrogens with zero attached hydrogens (tertiary/aromatic N) is 3. The van der Waals surface area contributed by atoms with E-state index in [2.05, 4.69) is 5.16 Å². The van der Waals surface area contributed by atoms with Crippen molar-refractivity contribution in [2.24, 2.45) is 0 Å². The number of carbonyl (C=O) groups excluding carboxylic acids is 2. The molecule has 1 amide bonds. The van der Waals surface area contributed by atoms with Gasteiger partial charge in [0, 0.05) is 32.2 Å². The van der Waals surface area contributed by atoms with Crippen LogP contribution in [0, 0.1) is 6.92 Å². The summed E-state index contributed by atoms with van der Waals surface area (Å²) in [7, 11) is -3.59. The Hall–Kier alpha value is -2.72. The number of aromatic nitrogens is 1. The quantitative estimate of drug-likeness (QED) is 0.682. The highest BCUT2D eigenvalue weighted by Gasteiger charge is 2.32. The van der Waals surface area contributed by atoms with Crippen molar-refractivity contribution in [1.82, 2.24) is 14.4 Å². The smallest absolute Gasteiger partial charge is 0.377 e. The maximum Gasteiger partial charge on any atom is 0.377 e. The molecule has 1 aromatic heterocycles. The molecule has 2 heterocycles. The number of sulfonamides is 1. The van der Waals surface area contributed by atoms with Gasteiger partial charge in [-0.25, -0.2) is 13.2 Å². The van der Waals surface area contributed by atoms with Gasteiger partial charge in [0.25, 0.3) is 5.91 Å². The Bertz CT molecular complexity index is 949. The molecular formula is C18H21N3O6S. The van der Waals surface area contributed by atoms with E-state index < -0.39 is 22.1 Å². The molecule has 1 aromatic carbocycles. The summed E-state index contributed by atoms with van der Waals surface area (Å²) in [5.74, 6) is -1.23. The molecule has 1 saturated heterocycles. The van der Waals surface area contributed by atoms with Gasteiger partial charge in [-0.15, -0.1) is 0 Å². The highest BCUT2D eigenvalue weighted by Crippen LogP contribution is 2.18. The fraction of sp³-hybridized carbons (Fsp3) is 0.389. The first-order chi connectivity index (χ1) is 13.3. The van der Waals surface area contributed by atoms with Crippen LogP contribution in [0.15, 0.2) is 45.8 Å². The Morgan fingerprint density at radius 1 is 1.14 bits per heavy atom. The molecule has 2 aromatic rings. The van der Waals surface area contributed by atoms with E-state index in [-0.39, 0.29) is 42.7 Å². The number of esters is 1. The predicted octanol–water partition coefficient (Wildman–Crippen LogP) is 1.06. The van der Waals surface area contributed by atoms with Crippen molar-refractivity contribution in [3.05, 3.63) is 47.9 Å². The molecule has 0 spiro atoms. The minimum absolute atomic E-state index is 0.0732. The number of ether oxygens (including phenoxy) is 1. The van der Waals surface area contributed by atoms with Gasteiger partial charge >= 0.3 is 5.97 Å². The van der Waals surface area contributed by atoms with Gasteiger partial charge in [-0.2, -0.15) is 4.31 Å². The van der Waals surface area contributed by atoms with Crippen LogP contribution in [-0.2, 0) is 19.6 Å². The minimum Gasteiger partial charge on any atom is -0.447 e. The number of piperazine rings is 1. The number of hydrogen-bond acceptors (Lipinski definition) is 7. The van der Waals surface area contributed by atoms with E-state index in [9.17, 15) is 18.0 Å². The maximum absolute atomic E-state index is 12.6. The summed E-state index contributed by atoms with van der Waals surface area (Å²) in [6, 6.07) is 9.59. The topological polar surface area (TPSA) is 110 Å². The van der Waals surface area contributed by atoms with Gasteiger partial charge in [0.15, 0.2) is 6.10 Å². The van der Waals surface area contributed by atoms with Crippen molar-refractivity contribution in [1.29, 1.82) is 0 Å².